The molecule has 1 heterocycles. The number of guanidine groups is 1. The third-order valence-corrected chi connectivity index (χ3v) is 4.14. The number of ether oxygens (including phenoxy) is 3. The molecule has 0 radical (unpaired) electrons. The summed E-state index contributed by atoms with van der Waals surface area (Å²) in [5.41, 5.74) is 2.28. The number of nitrogens with one attached hydrogen (secondary N) is 2. The standard InChI is InChI=1S/C20H33N3O3.HI/c1-4-21-20(22-10-12-24-15-18-7-6-11-26-18)23-14-17-9-8-16(3)13-19(17)25-5-2;/h8-9,13,18H,4-7,10-12,14-15H2,1-3H3,(H2,21,22,23);1H. The lowest BCUT2D eigenvalue weighted by Crippen LogP contribution is -2.39. The van der Waals surface area contributed by atoms with Crippen LogP contribution in [0, 0.1) is 6.92 Å². The highest BCUT2D eigenvalue weighted by atomic mass is 127. The summed E-state index contributed by atoms with van der Waals surface area (Å²) in [5.74, 6) is 1.70. The molecule has 2 rings (SSSR count). The van der Waals surface area contributed by atoms with Crippen molar-refractivity contribution in [3.8, 4) is 5.75 Å². The van der Waals surface area contributed by atoms with Gasteiger partial charge < -0.3 is 24.8 Å². The SMILES string of the molecule is CCNC(=NCc1ccc(C)cc1OCC)NCCOCC1CCCO1.I. The van der Waals surface area contributed by atoms with Crippen LogP contribution in [0.2, 0.25) is 0 Å². The number of benzene rings is 1. The summed E-state index contributed by atoms with van der Waals surface area (Å²) in [4.78, 5) is 4.67. The highest BCUT2D eigenvalue weighted by Crippen LogP contribution is 2.21. The maximum Gasteiger partial charge on any atom is 0.191 e. The normalized spacial score (nSPS) is 16.7. The third kappa shape index (κ3) is 9.12. The molecule has 0 aromatic heterocycles. The quantitative estimate of drug-likeness (QED) is 0.228. The molecule has 6 nitrogen and oxygen atoms in total. The average Bonchev–Trinajstić information content (AvgIpc) is 3.14. The zero-order valence-corrected chi connectivity index (χ0v) is 19.1. The van der Waals surface area contributed by atoms with Gasteiger partial charge in [-0.3, -0.25) is 0 Å². The summed E-state index contributed by atoms with van der Waals surface area (Å²) in [7, 11) is 0. The van der Waals surface area contributed by atoms with Crippen LogP contribution >= 0.6 is 24.0 Å². The van der Waals surface area contributed by atoms with Crippen LogP contribution < -0.4 is 15.4 Å². The van der Waals surface area contributed by atoms with Gasteiger partial charge in [0, 0.05) is 25.3 Å². The van der Waals surface area contributed by atoms with E-state index >= 15 is 0 Å². The summed E-state index contributed by atoms with van der Waals surface area (Å²) in [5, 5.41) is 6.58. The average molecular weight is 491 g/mol. The Bertz CT molecular complexity index is 563. The number of aliphatic imine (C=N–C) groups is 1. The second-order valence-electron chi connectivity index (χ2n) is 6.38. The lowest BCUT2D eigenvalue weighted by atomic mass is 10.1. The van der Waals surface area contributed by atoms with Crippen molar-refractivity contribution in [2.24, 2.45) is 4.99 Å². The zero-order valence-electron chi connectivity index (χ0n) is 16.8. The monoisotopic (exact) mass is 491 g/mol. The van der Waals surface area contributed by atoms with Crippen molar-refractivity contribution >= 4 is 29.9 Å². The van der Waals surface area contributed by atoms with Crippen LogP contribution in [0.1, 0.15) is 37.8 Å². The van der Waals surface area contributed by atoms with Crippen molar-refractivity contribution in [3.63, 3.8) is 0 Å². The van der Waals surface area contributed by atoms with Crippen LogP contribution in [-0.4, -0.2) is 51.6 Å². The van der Waals surface area contributed by atoms with Crippen LogP contribution in [0.15, 0.2) is 23.2 Å². The second-order valence-corrected chi connectivity index (χ2v) is 6.38. The van der Waals surface area contributed by atoms with Crippen molar-refractivity contribution in [1.29, 1.82) is 0 Å². The van der Waals surface area contributed by atoms with Crippen molar-refractivity contribution < 1.29 is 14.2 Å². The Morgan fingerprint density at radius 2 is 2.15 bits per heavy atom. The molecule has 1 unspecified atom stereocenters. The smallest absolute Gasteiger partial charge is 0.191 e. The van der Waals surface area contributed by atoms with E-state index in [1.54, 1.807) is 0 Å². The molecule has 27 heavy (non-hydrogen) atoms. The Hall–Kier alpha value is -1.06. The molecule has 0 spiro atoms. The predicted octanol–water partition coefficient (Wildman–Crippen LogP) is 3.26. The van der Waals surface area contributed by atoms with Gasteiger partial charge in [0.25, 0.3) is 0 Å². The van der Waals surface area contributed by atoms with Gasteiger partial charge in [0.1, 0.15) is 5.75 Å². The minimum absolute atomic E-state index is 0. The Kier molecular flexibility index (Phi) is 12.4. The van der Waals surface area contributed by atoms with Gasteiger partial charge >= 0.3 is 0 Å². The molecule has 0 saturated carbocycles. The van der Waals surface area contributed by atoms with Gasteiger partial charge in [-0.25, -0.2) is 4.99 Å². The van der Waals surface area contributed by atoms with Gasteiger partial charge in [-0.1, -0.05) is 12.1 Å². The van der Waals surface area contributed by atoms with Gasteiger partial charge in [-0.15, -0.1) is 24.0 Å². The molecule has 1 aromatic rings. The van der Waals surface area contributed by atoms with Crippen LogP contribution in [-0.2, 0) is 16.0 Å². The van der Waals surface area contributed by atoms with Gasteiger partial charge in [-0.05, 0) is 45.2 Å². The molecular formula is C20H34IN3O3. The second kappa shape index (κ2) is 14.0. The molecular weight excluding hydrogens is 457 g/mol. The molecule has 1 aliphatic heterocycles. The summed E-state index contributed by atoms with van der Waals surface area (Å²) < 4.78 is 17.0. The molecule has 2 N–H and O–H groups in total. The number of rotatable bonds is 10. The van der Waals surface area contributed by atoms with E-state index in [4.69, 9.17) is 14.2 Å². The minimum atomic E-state index is 0. The van der Waals surface area contributed by atoms with E-state index in [9.17, 15) is 0 Å². The lowest BCUT2D eigenvalue weighted by molar-refractivity contribution is 0.0191. The van der Waals surface area contributed by atoms with E-state index in [1.165, 1.54) is 5.56 Å². The topological polar surface area (TPSA) is 64.1 Å². The molecule has 1 atom stereocenters. The van der Waals surface area contributed by atoms with E-state index in [0.29, 0.717) is 32.9 Å². The fourth-order valence-corrected chi connectivity index (χ4v) is 2.82. The molecule has 1 aliphatic rings. The van der Waals surface area contributed by atoms with E-state index in [2.05, 4.69) is 47.7 Å². The molecule has 0 aliphatic carbocycles. The highest BCUT2D eigenvalue weighted by Gasteiger charge is 2.14. The van der Waals surface area contributed by atoms with Crippen LogP contribution in [0.4, 0.5) is 0 Å². The Labute approximate surface area is 180 Å². The van der Waals surface area contributed by atoms with Gasteiger partial charge in [-0.2, -0.15) is 0 Å². The maximum atomic E-state index is 5.73. The number of aryl methyl sites for hydroxylation is 1. The predicted molar refractivity (Wildman–Crippen MR) is 120 cm³/mol. The number of nitrogens with zero attached hydrogens (tertiary/aromatic N) is 1. The number of halogens is 1. The van der Waals surface area contributed by atoms with Gasteiger partial charge in [0.15, 0.2) is 5.96 Å². The summed E-state index contributed by atoms with van der Waals surface area (Å²) >= 11 is 0. The van der Waals surface area contributed by atoms with Gasteiger partial charge in [0.05, 0.1) is 32.5 Å². The molecule has 154 valence electrons. The fraction of sp³-hybridized carbons (Fsp3) is 0.650. The van der Waals surface area contributed by atoms with E-state index in [0.717, 1.165) is 43.3 Å². The Balaban J connectivity index is 0.00000364. The van der Waals surface area contributed by atoms with E-state index in [-0.39, 0.29) is 30.1 Å². The van der Waals surface area contributed by atoms with Crippen molar-refractivity contribution in [3.05, 3.63) is 29.3 Å². The third-order valence-electron chi connectivity index (χ3n) is 4.14. The fourth-order valence-electron chi connectivity index (χ4n) is 2.82. The summed E-state index contributed by atoms with van der Waals surface area (Å²) in [6, 6.07) is 6.23. The first-order valence-electron chi connectivity index (χ1n) is 9.66. The Morgan fingerprint density at radius 3 is 2.85 bits per heavy atom. The lowest BCUT2D eigenvalue weighted by Gasteiger charge is -2.14. The highest BCUT2D eigenvalue weighted by molar-refractivity contribution is 14.0. The zero-order chi connectivity index (χ0) is 18.6. The molecule has 1 fully saturated rings. The summed E-state index contributed by atoms with van der Waals surface area (Å²) in [6.45, 7) is 11.1. The van der Waals surface area contributed by atoms with Crippen LogP contribution in [0.5, 0.6) is 5.75 Å². The molecule has 1 saturated heterocycles. The first-order chi connectivity index (χ1) is 12.7. The summed E-state index contributed by atoms with van der Waals surface area (Å²) in [6.07, 6.45) is 2.53. The molecule has 0 amide bonds. The Morgan fingerprint density at radius 1 is 1.30 bits per heavy atom. The van der Waals surface area contributed by atoms with Crippen molar-refractivity contribution in [1.82, 2.24) is 10.6 Å². The molecule has 0 bridgehead atoms. The first kappa shape index (κ1) is 24.0. The maximum absolute atomic E-state index is 5.73. The van der Waals surface area contributed by atoms with E-state index < -0.39 is 0 Å². The van der Waals surface area contributed by atoms with Gasteiger partial charge in [0.2, 0.25) is 0 Å². The van der Waals surface area contributed by atoms with Crippen molar-refractivity contribution in [2.45, 2.75) is 46.3 Å². The number of hydrogen-bond donors (Lipinski definition) is 2. The van der Waals surface area contributed by atoms with E-state index in [1.807, 2.05) is 6.92 Å². The minimum Gasteiger partial charge on any atom is -0.494 e. The molecule has 7 heteroatoms. The van der Waals surface area contributed by atoms with Crippen molar-refractivity contribution in [2.75, 3.05) is 39.5 Å². The largest absolute Gasteiger partial charge is 0.494 e. The number of hydrogen-bond acceptors (Lipinski definition) is 4. The van der Waals surface area contributed by atoms with Crippen LogP contribution in [0.25, 0.3) is 0 Å². The van der Waals surface area contributed by atoms with Crippen LogP contribution in [0.3, 0.4) is 0 Å². The first-order valence-corrected chi connectivity index (χ1v) is 9.66. The molecule has 1 aromatic carbocycles.